The first-order valence-electron chi connectivity index (χ1n) is 16.0. The maximum atomic E-state index is 7.18. The molecule has 1 N–H and O–H groups in total. The number of benzene rings is 4. The van der Waals surface area contributed by atoms with E-state index in [1.165, 1.54) is 38.8 Å². The van der Waals surface area contributed by atoms with Crippen molar-refractivity contribution in [3.63, 3.8) is 0 Å². The molecule has 2 aromatic heterocycles. The van der Waals surface area contributed by atoms with Gasteiger partial charge in [0.05, 0.1) is 0 Å². The van der Waals surface area contributed by atoms with E-state index < -0.39 is 0 Å². The van der Waals surface area contributed by atoms with Crippen LogP contribution in [0.1, 0.15) is 19.4 Å². The first-order chi connectivity index (χ1) is 23.4. The van der Waals surface area contributed by atoms with Crippen LogP contribution in [-0.4, -0.2) is 22.1 Å². The van der Waals surface area contributed by atoms with E-state index in [1.807, 2.05) is 48.7 Å². The van der Waals surface area contributed by atoms with Gasteiger partial charge in [0, 0.05) is 57.9 Å². The molecule has 4 nitrogen and oxygen atoms in total. The van der Waals surface area contributed by atoms with Crippen molar-refractivity contribution in [3.8, 4) is 5.69 Å². The van der Waals surface area contributed by atoms with E-state index in [9.17, 15) is 0 Å². The summed E-state index contributed by atoms with van der Waals surface area (Å²) < 4.78 is 4.33. The second kappa shape index (κ2) is 13.4. The fourth-order valence-electron chi connectivity index (χ4n) is 7.11. The summed E-state index contributed by atoms with van der Waals surface area (Å²) in [6.07, 6.45) is 14.6. The molecule has 6 aromatic rings. The number of nitrogens with one attached hydrogen (secondary N) is 1. The van der Waals surface area contributed by atoms with E-state index in [1.54, 1.807) is 6.08 Å². The van der Waals surface area contributed by atoms with Crippen molar-refractivity contribution in [2.45, 2.75) is 13.8 Å². The van der Waals surface area contributed by atoms with Crippen LogP contribution in [-0.2, 0) is 7.05 Å². The van der Waals surface area contributed by atoms with E-state index in [-0.39, 0.29) is 5.41 Å². The molecular formula is C44H40N4. The molecule has 0 amide bonds. The van der Waals surface area contributed by atoms with Crippen LogP contribution in [0.15, 0.2) is 175 Å². The predicted octanol–water partition coefficient (Wildman–Crippen LogP) is 11.5. The summed E-state index contributed by atoms with van der Waals surface area (Å²) in [4.78, 5) is 4.40. The number of allylic oxidation sites excluding steroid dienone is 10. The molecule has 0 aliphatic heterocycles. The number of aryl methyl sites for hydroxylation is 1. The zero-order valence-electron chi connectivity index (χ0n) is 27.8. The van der Waals surface area contributed by atoms with E-state index in [4.69, 9.17) is 5.41 Å². The van der Waals surface area contributed by atoms with Crippen molar-refractivity contribution < 1.29 is 0 Å². The molecular weight excluding hydrogens is 585 g/mol. The van der Waals surface area contributed by atoms with Crippen LogP contribution in [0.2, 0.25) is 0 Å². The molecule has 7 rings (SSSR count). The van der Waals surface area contributed by atoms with Crippen molar-refractivity contribution >= 4 is 56.9 Å². The Hall–Kier alpha value is -6.00. The van der Waals surface area contributed by atoms with Gasteiger partial charge in [-0.1, -0.05) is 124 Å². The summed E-state index contributed by atoms with van der Waals surface area (Å²) >= 11 is 0. The van der Waals surface area contributed by atoms with Crippen LogP contribution in [0.5, 0.6) is 0 Å². The third-order valence-corrected chi connectivity index (χ3v) is 9.25. The molecule has 4 aromatic carbocycles. The van der Waals surface area contributed by atoms with Crippen molar-refractivity contribution in [1.82, 2.24) is 9.13 Å². The zero-order valence-corrected chi connectivity index (χ0v) is 27.8. The smallest absolute Gasteiger partial charge is 0.143 e. The highest BCUT2D eigenvalue weighted by Crippen LogP contribution is 2.54. The Kier molecular flexibility index (Phi) is 8.91. The molecule has 1 aliphatic carbocycles. The molecule has 2 heterocycles. The van der Waals surface area contributed by atoms with Gasteiger partial charge in [-0.25, -0.2) is 4.99 Å². The van der Waals surface area contributed by atoms with Crippen LogP contribution >= 0.6 is 0 Å². The van der Waals surface area contributed by atoms with Gasteiger partial charge in [-0.2, -0.15) is 0 Å². The molecule has 48 heavy (non-hydrogen) atoms. The van der Waals surface area contributed by atoms with Crippen LogP contribution in [0, 0.1) is 10.8 Å². The topological polar surface area (TPSA) is 46.1 Å². The molecule has 4 heteroatoms. The third-order valence-electron chi connectivity index (χ3n) is 9.25. The first kappa shape index (κ1) is 32.0. The van der Waals surface area contributed by atoms with Crippen molar-refractivity contribution in [1.29, 1.82) is 5.41 Å². The van der Waals surface area contributed by atoms with Crippen molar-refractivity contribution in [2.24, 2.45) is 17.5 Å². The van der Waals surface area contributed by atoms with Crippen LogP contribution in [0.25, 0.3) is 43.8 Å². The van der Waals surface area contributed by atoms with Gasteiger partial charge in [0.2, 0.25) is 0 Å². The first-order valence-corrected chi connectivity index (χ1v) is 16.0. The lowest BCUT2D eigenvalue weighted by molar-refractivity contribution is 0.626. The van der Waals surface area contributed by atoms with E-state index in [2.05, 4.69) is 140 Å². The van der Waals surface area contributed by atoms with Gasteiger partial charge in [-0.3, -0.25) is 0 Å². The third kappa shape index (κ3) is 5.41. The molecule has 0 saturated carbocycles. The van der Waals surface area contributed by atoms with Gasteiger partial charge in [0.15, 0.2) is 0 Å². The Morgan fingerprint density at radius 3 is 2.15 bits per heavy atom. The van der Waals surface area contributed by atoms with Crippen molar-refractivity contribution in [3.05, 3.63) is 175 Å². The minimum atomic E-state index is -0.279. The quantitative estimate of drug-likeness (QED) is 0.129. The minimum Gasteiger partial charge on any atom is -0.344 e. The van der Waals surface area contributed by atoms with Gasteiger partial charge in [0.25, 0.3) is 0 Å². The fourth-order valence-corrected chi connectivity index (χ4v) is 7.11. The Balaban J connectivity index is 0.000000188. The monoisotopic (exact) mass is 624 g/mol. The minimum absolute atomic E-state index is 0.279. The predicted molar refractivity (Wildman–Crippen MR) is 208 cm³/mol. The number of hydrogen-bond acceptors (Lipinski definition) is 2. The Morgan fingerprint density at radius 1 is 0.729 bits per heavy atom. The van der Waals surface area contributed by atoms with Gasteiger partial charge < -0.3 is 14.5 Å². The molecule has 0 unspecified atom stereocenters. The SMILES string of the molecule is C=CC1=C(C=C)C(C)(C)C(c2ccn(-c3ccccc3)c2N=C)=C1/C=C\C=C\C=N.Cn1c2ccccc2c2c3ccccc3ccc21. The molecule has 0 bridgehead atoms. The average molecular weight is 625 g/mol. The molecule has 0 saturated heterocycles. The number of nitrogens with zero attached hydrogens (tertiary/aromatic N) is 3. The number of fused-ring (bicyclic) bond motifs is 5. The Labute approximate surface area is 282 Å². The fraction of sp³-hybridized carbons (Fsp3) is 0.0909. The second-order valence-corrected chi connectivity index (χ2v) is 12.2. The van der Waals surface area contributed by atoms with Crippen LogP contribution in [0.4, 0.5) is 5.82 Å². The molecule has 0 atom stereocenters. The van der Waals surface area contributed by atoms with Crippen LogP contribution in [0.3, 0.4) is 0 Å². The summed E-state index contributed by atoms with van der Waals surface area (Å²) in [6, 6.07) is 33.9. The van der Waals surface area contributed by atoms with E-state index >= 15 is 0 Å². The Morgan fingerprint density at radius 2 is 1.44 bits per heavy atom. The molecule has 0 fully saturated rings. The highest BCUT2D eigenvalue weighted by Gasteiger charge is 2.39. The highest BCUT2D eigenvalue weighted by atomic mass is 15.1. The summed E-state index contributed by atoms with van der Waals surface area (Å²) in [5, 5.41) is 12.5. The summed E-state index contributed by atoms with van der Waals surface area (Å²) in [6.45, 7) is 16.4. The maximum absolute atomic E-state index is 7.18. The normalized spacial score (nSPS) is 14.3. The largest absolute Gasteiger partial charge is 0.344 e. The maximum Gasteiger partial charge on any atom is 0.143 e. The summed E-state index contributed by atoms with van der Waals surface area (Å²) in [7, 11) is 2.14. The summed E-state index contributed by atoms with van der Waals surface area (Å²) in [5.74, 6) is 0.805. The lowest BCUT2D eigenvalue weighted by atomic mass is 9.77. The highest BCUT2D eigenvalue weighted by molar-refractivity contribution is 6.20. The lowest BCUT2D eigenvalue weighted by Crippen LogP contribution is -2.13. The number of aliphatic imine (C=N–C) groups is 1. The average Bonchev–Trinajstić information content (AvgIpc) is 3.74. The van der Waals surface area contributed by atoms with E-state index in [0.717, 1.165) is 39.4 Å². The van der Waals surface area contributed by atoms with Gasteiger partial charge >= 0.3 is 0 Å². The molecule has 236 valence electrons. The number of rotatable bonds is 8. The summed E-state index contributed by atoms with van der Waals surface area (Å²) in [5.41, 5.74) is 8.81. The van der Waals surface area contributed by atoms with Gasteiger partial charge in [-0.05, 0) is 76.2 Å². The van der Waals surface area contributed by atoms with Gasteiger partial charge in [0.1, 0.15) is 5.82 Å². The van der Waals surface area contributed by atoms with Crippen molar-refractivity contribution in [2.75, 3.05) is 0 Å². The standard InChI is InChI=1S/C27H27N3.C17H13N/c1-6-21-22(16-12-9-13-18-28)25(27(3,4)24(21)7-2)23-17-19-30(26(23)29-5)20-14-10-8-11-15-20;1-18-15-9-5-4-8-14(15)17-13-7-3-2-6-12(13)10-11-16(17)18/h6-19,28H,1-2,5H2,3-4H3;2-11H,1H3/b13-9+,16-12-,28-18?;. The number of aromatic nitrogens is 2. The number of para-hydroxylation sites is 2. The number of hydrogen-bond donors (Lipinski definition) is 1. The Bertz CT molecular complexity index is 2330. The zero-order chi connectivity index (χ0) is 33.8. The molecule has 1 aliphatic rings. The molecule has 0 radical (unpaired) electrons. The van der Waals surface area contributed by atoms with Crippen LogP contribution < -0.4 is 0 Å². The van der Waals surface area contributed by atoms with Gasteiger partial charge in [-0.15, -0.1) is 0 Å². The second-order valence-electron chi connectivity index (χ2n) is 12.2. The molecule has 0 spiro atoms. The lowest BCUT2D eigenvalue weighted by Gasteiger charge is -2.26. The van der Waals surface area contributed by atoms with E-state index in [0.29, 0.717) is 0 Å².